The van der Waals surface area contributed by atoms with Gasteiger partial charge in [-0.2, -0.15) is 11.8 Å². The fourth-order valence-electron chi connectivity index (χ4n) is 2.61. The number of hydrogen-bond acceptors (Lipinski definition) is 2. The minimum absolute atomic E-state index is 0.772. The molecule has 2 aromatic heterocycles. The van der Waals surface area contributed by atoms with E-state index in [2.05, 4.69) is 46.3 Å². The minimum atomic E-state index is 0.772. The number of pyridine rings is 1. The summed E-state index contributed by atoms with van der Waals surface area (Å²) in [5.41, 5.74) is 2.51. The fraction of sp³-hybridized carbons (Fsp3) is 0.500. The number of fused-ring (bicyclic) bond motifs is 1. The van der Waals surface area contributed by atoms with E-state index in [1.54, 1.807) is 0 Å². The summed E-state index contributed by atoms with van der Waals surface area (Å²) in [5, 5.41) is 0.772. The highest BCUT2D eigenvalue weighted by Crippen LogP contribution is 2.28. The van der Waals surface area contributed by atoms with Crippen LogP contribution in [0, 0.1) is 6.92 Å². The van der Waals surface area contributed by atoms with E-state index in [9.17, 15) is 0 Å². The first-order valence-corrected chi connectivity index (χ1v) is 7.43. The summed E-state index contributed by atoms with van der Waals surface area (Å²) < 4.78 is 2.30. The molecule has 1 atom stereocenters. The molecule has 0 saturated carbocycles. The molecular formula is C14H18N2S. The van der Waals surface area contributed by atoms with Crippen LogP contribution in [-0.2, 0) is 6.42 Å². The molecule has 1 fully saturated rings. The fourth-order valence-corrected chi connectivity index (χ4v) is 3.91. The molecule has 0 aliphatic carbocycles. The van der Waals surface area contributed by atoms with Crippen molar-refractivity contribution in [2.24, 2.45) is 0 Å². The second-order valence-electron chi connectivity index (χ2n) is 4.79. The highest BCUT2D eigenvalue weighted by Gasteiger charge is 2.17. The summed E-state index contributed by atoms with van der Waals surface area (Å²) in [7, 11) is 0. The maximum atomic E-state index is 4.60. The average Bonchev–Trinajstić information content (AvgIpc) is 2.75. The van der Waals surface area contributed by atoms with E-state index in [4.69, 9.17) is 0 Å². The average molecular weight is 246 g/mol. The number of imidazole rings is 1. The van der Waals surface area contributed by atoms with Crippen molar-refractivity contribution >= 4 is 17.3 Å². The van der Waals surface area contributed by atoms with Gasteiger partial charge in [-0.05, 0) is 37.7 Å². The molecule has 1 saturated heterocycles. The molecule has 0 aromatic carbocycles. The Morgan fingerprint density at radius 3 is 3.18 bits per heavy atom. The number of aromatic nitrogens is 2. The van der Waals surface area contributed by atoms with Gasteiger partial charge in [0.05, 0.1) is 11.7 Å². The Labute approximate surface area is 106 Å². The molecule has 1 aliphatic rings. The number of thioether (sulfide) groups is 1. The van der Waals surface area contributed by atoms with Crippen LogP contribution in [0.15, 0.2) is 24.4 Å². The van der Waals surface area contributed by atoms with Crippen molar-refractivity contribution in [3.63, 3.8) is 0 Å². The summed E-state index contributed by atoms with van der Waals surface area (Å²) in [6.07, 6.45) is 7.24. The summed E-state index contributed by atoms with van der Waals surface area (Å²) in [6, 6.07) is 6.40. The third-order valence-electron chi connectivity index (χ3n) is 3.50. The maximum Gasteiger partial charge on any atom is 0.114 e. The van der Waals surface area contributed by atoms with Crippen LogP contribution in [-0.4, -0.2) is 20.4 Å². The van der Waals surface area contributed by atoms with Crippen molar-refractivity contribution < 1.29 is 0 Å². The van der Waals surface area contributed by atoms with Gasteiger partial charge in [-0.3, -0.25) is 0 Å². The van der Waals surface area contributed by atoms with Gasteiger partial charge in [0.1, 0.15) is 5.82 Å². The quantitative estimate of drug-likeness (QED) is 0.807. The van der Waals surface area contributed by atoms with Crippen molar-refractivity contribution in [1.29, 1.82) is 0 Å². The summed E-state index contributed by atoms with van der Waals surface area (Å²) in [4.78, 5) is 4.60. The van der Waals surface area contributed by atoms with Crippen LogP contribution in [0.4, 0.5) is 0 Å². The smallest absolute Gasteiger partial charge is 0.114 e. The van der Waals surface area contributed by atoms with Gasteiger partial charge in [0, 0.05) is 17.4 Å². The Morgan fingerprint density at radius 2 is 2.35 bits per heavy atom. The van der Waals surface area contributed by atoms with Gasteiger partial charge in [-0.25, -0.2) is 4.98 Å². The zero-order chi connectivity index (χ0) is 11.7. The highest BCUT2D eigenvalue weighted by atomic mass is 32.2. The lowest BCUT2D eigenvalue weighted by molar-refractivity contribution is 0.645. The third kappa shape index (κ3) is 2.21. The van der Waals surface area contributed by atoms with E-state index in [0.717, 1.165) is 11.7 Å². The van der Waals surface area contributed by atoms with Crippen LogP contribution < -0.4 is 0 Å². The third-order valence-corrected chi connectivity index (χ3v) is 4.90. The Bertz CT molecular complexity index is 512. The first kappa shape index (κ1) is 11.1. The number of hydrogen-bond donors (Lipinski definition) is 0. The Hall–Kier alpha value is -0.960. The van der Waals surface area contributed by atoms with E-state index >= 15 is 0 Å². The topological polar surface area (TPSA) is 17.3 Å². The molecule has 3 rings (SSSR count). The van der Waals surface area contributed by atoms with Crippen molar-refractivity contribution in [2.75, 3.05) is 5.75 Å². The zero-order valence-corrected chi connectivity index (χ0v) is 11.0. The number of rotatable bonds is 2. The van der Waals surface area contributed by atoms with E-state index in [0.29, 0.717) is 0 Å². The standard InChI is InChI=1S/C14H18N2S/c1-11-5-4-6-12-10-15-14(16(11)12)9-13-7-2-3-8-17-13/h4-6,10,13H,2-3,7-9H2,1H3. The van der Waals surface area contributed by atoms with E-state index in [1.165, 1.54) is 42.1 Å². The van der Waals surface area contributed by atoms with Gasteiger partial charge in [-0.1, -0.05) is 12.5 Å². The highest BCUT2D eigenvalue weighted by molar-refractivity contribution is 7.99. The van der Waals surface area contributed by atoms with Crippen LogP contribution in [0.3, 0.4) is 0 Å². The van der Waals surface area contributed by atoms with Gasteiger partial charge in [-0.15, -0.1) is 0 Å². The SMILES string of the molecule is Cc1cccc2cnc(CC3CCCCS3)n12. The molecule has 2 aromatic rings. The molecule has 0 amide bonds. The van der Waals surface area contributed by atoms with Crippen molar-refractivity contribution in [3.05, 3.63) is 35.9 Å². The van der Waals surface area contributed by atoms with Gasteiger partial charge in [0.2, 0.25) is 0 Å². The lowest BCUT2D eigenvalue weighted by Gasteiger charge is -2.20. The lowest BCUT2D eigenvalue weighted by atomic mass is 10.1. The number of aryl methyl sites for hydroxylation is 1. The zero-order valence-electron chi connectivity index (χ0n) is 10.2. The summed E-state index contributed by atoms with van der Waals surface area (Å²) >= 11 is 2.12. The normalized spacial score (nSPS) is 20.9. The second-order valence-corrected chi connectivity index (χ2v) is 6.20. The minimum Gasteiger partial charge on any atom is -0.301 e. The van der Waals surface area contributed by atoms with Gasteiger partial charge < -0.3 is 4.40 Å². The lowest BCUT2D eigenvalue weighted by Crippen LogP contribution is -2.14. The van der Waals surface area contributed by atoms with Crippen LogP contribution in [0.5, 0.6) is 0 Å². The Balaban J connectivity index is 1.89. The van der Waals surface area contributed by atoms with E-state index in [1.807, 2.05) is 6.20 Å². The Morgan fingerprint density at radius 1 is 1.41 bits per heavy atom. The predicted octanol–water partition coefficient (Wildman–Crippen LogP) is 3.47. The van der Waals surface area contributed by atoms with Crippen molar-refractivity contribution in [3.8, 4) is 0 Å². The summed E-state index contributed by atoms with van der Waals surface area (Å²) in [6.45, 7) is 2.16. The predicted molar refractivity (Wildman–Crippen MR) is 73.7 cm³/mol. The molecule has 3 heterocycles. The van der Waals surface area contributed by atoms with Crippen molar-refractivity contribution in [1.82, 2.24) is 9.38 Å². The van der Waals surface area contributed by atoms with Crippen molar-refractivity contribution in [2.45, 2.75) is 37.9 Å². The monoisotopic (exact) mass is 246 g/mol. The number of nitrogens with zero attached hydrogens (tertiary/aromatic N) is 2. The molecule has 1 unspecified atom stereocenters. The molecule has 17 heavy (non-hydrogen) atoms. The van der Waals surface area contributed by atoms with Gasteiger partial charge in [0.15, 0.2) is 0 Å². The summed E-state index contributed by atoms with van der Waals surface area (Å²) in [5.74, 6) is 2.56. The first-order valence-electron chi connectivity index (χ1n) is 6.38. The van der Waals surface area contributed by atoms with Crippen LogP contribution in [0.25, 0.3) is 5.52 Å². The Kier molecular flexibility index (Phi) is 3.10. The van der Waals surface area contributed by atoms with Crippen LogP contribution in [0.1, 0.15) is 30.8 Å². The molecule has 2 nitrogen and oxygen atoms in total. The second kappa shape index (κ2) is 4.73. The van der Waals surface area contributed by atoms with Gasteiger partial charge >= 0.3 is 0 Å². The van der Waals surface area contributed by atoms with E-state index in [-0.39, 0.29) is 0 Å². The molecule has 0 bridgehead atoms. The van der Waals surface area contributed by atoms with Crippen LogP contribution >= 0.6 is 11.8 Å². The first-order chi connectivity index (χ1) is 8.34. The molecule has 1 aliphatic heterocycles. The maximum absolute atomic E-state index is 4.60. The van der Waals surface area contributed by atoms with E-state index < -0.39 is 0 Å². The molecule has 3 heteroatoms. The largest absolute Gasteiger partial charge is 0.301 e. The molecule has 90 valence electrons. The molecular weight excluding hydrogens is 228 g/mol. The molecule has 0 radical (unpaired) electrons. The molecule has 0 N–H and O–H groups in total. The van der Waals surface area contributed by atoms with Crippen LogP contribution in [0.2, 0.25) is 0 Å². The van der Waals surface area contributed by atoms with Gasteiger partial charge in [0.25, 0.3) is 0 Å². The molecule has 0 spiro atoms.